The molecule has 1 aromatic rings. The standard InChI is InChI=1S/C9H13O4P/c1-11-14(10)13-8-7-12-9-5-3-2-4-6-9/h2-6,10H,7-8H2,1H3. The van der Waals surface area contributed by atoms with Crippen LogP contribution in [-0.4, -0.2) is 25.2 Å². The number of hydrogen-bond acceptors (Lipinski definition) is 4. The van der Waals surface area contributed by atoms with E-state index in [0.717, 1.165) is 5.75 Å². The molecule has 5 heteroatoms. The Hall–Kier alpha value is -0.670. The molecule has 0 amide bonds. The van der Waals surface area contributed by atoms with Gasteiger partial charge < -0.3 is 18.7 Å². The van der Waals surface area contributed by atoms with Crippen molar-refractivity contribution in [3.05, 3.63) is 30.3 Å². The number of rotatable bonds is 6. The van der Waals surface area contributed by atoms with E-state index in [1.807, 2.05) is 30.3 Å². The summed E-state index contributed by atoms with van der Waals surface area (Å²) in [5.74, 6) is 0.788. The number of hydrogen-bond donors (Lipinski definition) is 1. The van der Waals surface area contributed by atoms with Crippen LogP contribution in [0, 0.1) is 0 Å². The number of benzene rings is 1. The van der Waals surface area contributed by atoms with Gasteiger partial charge in [-0.25, -0.2) is 0 Å². The van der Waals surface area contributed by atoms with Crippen LogP contribution >= 0.6 is 8.60 Å². The largest absolute Gasteiger partial charge is 0.491 e. The van der Waals surface area contributed by atoms with Gasteiger partial charge in [-0.15, -0.1) is 0 Å². The fourth-order valence-electron chi connectivity index (χ4n) is 0.844. The number of ether oxygens (including phenoxy) is 1. The third-order valence-electron chi connectivity index (χ3n) is 1.45. The summed E-state index contributed by atoms with van der Waals surface area (Å²) >= 11 is 0. The second-order valence-corrected chi connectivity index (χ2v) is 3.51. The van der Waals surface area contributed by atoms with E-state index in [1.54, 1.807) is 0 Å². The molecule has 78 valence electrons. The third-order valence-corrected chi connectivity index (χ3v) is 2.17. The molecular weight excluding hydrogens is 203 g/mol. The molecule has 0 aromatic heterocycles. The lowest BCUT2D eigenvalue weighted by molar-refractivity contribution is 0.182. The van der Waals surface area contributed by atoms with Gasteiger partial charge in [-0.2, -0.15) is 0 Å². The Labute approximate surface area is 84.4 Å². The lowest BCUT2D eigenvalue weighted by Crippen LogP contribution is -2.04. The molecule has 0 aliphatic heterocycles. The minimum atomic E-state index is -1.74. The maximum atomic E-state index is 8.92. The van der Waals surface area contributed by atoms with Gasteiger partial charge in [0, 0.05) is 7.11 Å². The molecule has 4 nitrogen and oxygen atoms in total. The summed E-state index contributed by atoms with van der Waals surface area (Å²) in [6.07, 6.45) is 0. The summed E-state index contributed by atoms with van der Waals surface area (Å²) < 4.78 is 14.8. The van der Waals surface area contributed by atoms with Crippen LogP contribution in [0.25, 0.3) is 0 Å². The molecule has 1 rings (SSSR count). The Kier molecular flexibility index (Phi) is 5.49. The first-order chi connectivity index (χ1) is 6.83. The van der Waals surface area contributed by atoms with Crippen molar-refractivity contribution in [1.29, 1.82) is 0 Å². The van der Waals surface area contributed by atoms with E-state index >= 15 is 0 Å². The van der Waals surface area contributed by atoms with Crippen molar-refractivity contribution < 1.29 is 18.7 Å². The zero-order valence-electron chi connectivity index (χ0n) is 7.92. The van der Waals surface area contributed by atoms with Crippen LogP contribution in [0.5, 0.6) is 5.75 Å². The second-order valence-electron chi connectivity index (χ2n) is 2.42. The molecule has 1 aromatic carbocycles. The van der Waals surface area contributed by atoms with Gasteiger partial charge in [0.2, 0.25) is 0 Å². The molecule has 0 spiro atoms. The molecule has 0 fully saturated rings. The van der Waals surface area contributed by atoms with Gasteiger partial charge in [-0.05, 0) is 12.1 Å². The highest BCUT2D eigenvalue weighted by atomic mass is 31.2. The van der Waals surface area contributed by atoms with Gasteiger partial charge in [0.1, 0.15) is 12.4 Å². The summed E-state index contributed by atoms with van der Waals surface area (Å²) in [6, 6.07) is 9.42. The smallest absolute Gasteiger partial charge is 0.329 e. The minimum absolute atomic E-state index is 0.310. The van der Waals surface area contributed by atoms with E-state index in [4.69, 9.17) is 14.2 Å². The average molecular weight is 216 g/mol. The van der Waals surface area contributed by atoms with Crippen LogP contribution in [0.4, 0.5) is 0 Å². The van der Waals surface area contributed by atoms with Crippen LogP contribution in [-0.2, 0) is 9.05 Å². The first kappa shape index (κ1) is 11.4. The lowest BCUT2D eigenvalue weighted by atomic mass is 10.3. The molecule has 1 atom stereocenters. The van der Waals surface area contributed by atoms with E-state index in [2.05, 4.69) is 4.52 Å². The van der Waals surface area contributed by atoms with Gasteiger partial charge in [0.05, 0.1) is 6.61 Å². The highest BCUT2D eigenvalue weighted by molar-refractivity contribution is 7.40. The fourth-order valence-corrected chi connectivity index (χ4v) is 1.18. The van der Waals surface area contributed by atoms with Crippen molar-refractivity contribution in [3.63, 3.8) is 0 Å². The van der Waals surface area contributed by atoms with Crippen LogP contribution in [0.1, 0.15) is 0 Å². The average Bonchev–Trinajstić information content (AvgIpc) is 2.25. The molecule has 0 aliphatic rings. The third kappa shape index (κ3) is 4.53. The monoisotopic (exact) mass is 216 g/mol. The zero-order valence-corrected chi connectivity index (χ0v) is 8.81. The predicted molar refractivity (Wildman–Crippen MR) is 54.0 cm³/mol. The van der Waals surface area contributed by atoms with Crippen LogP contribution in [0.3, 0.4) is 0 Å². The van der Waals surface area contributed by atoms with Gasteiger partial charge in [0.15, 0.2) is 0 Å². The Morgan fingerprint density at radius 2 is 1.93 bits per heavy atom. The predicted octanol–water partition coefficient (Wildman–Crippen LogP) is 1.95. The molecule has 0 heterocycles. The van der Waals surface area contributed by atoms with Gasteiger partial charge in [-0.1, -0.05) is 18.2 Å². The molecule has 0 saturated heterocycles. The Morgan fingerprint density at radius 3 is 2.57 bits per heavy atom. The topological polar surface area (TPSA) is 47.9 Å². The fraction of sp³-hybridized carbons (Fsp3) is 0.333. The molecule has 1 unspecified atom stereocenters. The quantitative estimate of drug-likeness (QED) is 0.583. The minimum Gasteiger partial charge on any atom is -0.491 e. The maximum Gasteiger partial charge on any atom is 0.329 e. The zero-order chi connectivity index (χ0) is 10.2. The Bertz CT molecular complexity index is 242. The highest BCUT2D eigenvalue weighted by Crippen LogP contribution is 2.30. The van der Waals surface area contributed by atoms with E-state index in [-0.39, 0.29) is 0 Å². The van der Waals surface area contributed by atoms with Crippen molar-refractivity contribution in [1.82, 2.24) is 0 Å². The summed E-state index contributed by atoms with van der Waals surface area (Å²) in [7, 11) is -0.346. The van der Waals surface area contributed by atoms with Crippen molar-refractivity contribution in [2.75, 3.05) is 20.3 Å². The molecule has 0 radical (unpaired) electrons. The molecule has 14 heavy (non-hydrogen) atoms. The van der Waals surface area contributed by atoms with Gasteiger partial charge >= 0.3 is 8.60 Å². The number of para-hydroxylation sites is 1. The molecule has 0 aliphatic carbocycles. The van der Waals surface area contributed by atoms with E-state index in [0.29, 0.717) is 13.2 Å². The van der Waals surface area contributed by atoms with Crippen molar-refractivity contribution >= 4 is 8.60 Å². The van der Waals surface area contributed by atoms with Gasteiger partial charge in [-0.3, -0.25) is 0 Å². The first-order valence-electron chi connectivity index (χ1n) is 4.17. The molecule has 0 bridgehead atoms. The van der Waals surface area contributed by atoms with Crippen molar-refractivity contribution in [3.8, 4) is 5.75 Å². The Balaban J connectivity index is 2.10. The van der Waals surface area contributed by atoms with Crippen LogP contribution in [0.15, 0.2) is 30.3 Å². The normalized spacial score (nSPS) is 12.4. The lowest BCUT2D eigenvalue weighted by Gasteiger charge is -2.08. The second kappa shape index (κ2) is 6.74. The van der Waals surface area contributed by atoms with E-state index in [9.17, 15) is 0 Å². The molecule has 0 saturated carbocycles. The van der Waals surface area contributed by atoms with E-state index in [1.165, 1.54) is 7.11 Å². The maximum absolute atomic E-state index is 8.92. The Morgan fingerprint density at radius 1 is 1.21 bits per heavy atom. The SMILES string of the molecule is COP(O)OCCOc1ccccc1. The van der Waals surface area contributed by atoms with Crippen LogP contribution < -0.4 is 4.74 Å². The summed E-state index contributed by atoms with van der Waals surface area (Å²) in [6.45, 7) is 0.706. The van der Waals surface area contributed by atoms with Crippen LogP contribution in [0.2, 0.25) is 0 Å². The summed E-state index contributed by atoms with van der Waals surface area (Å²) in [4.78, 5) is 8.92. The van der Waals surface area contributed by atoms with Crippen molar-refractivity contribution in [2.45, 2.75) is 0 Å². The highest BCUT2D eigenvalue weighted by Gasteiger charge is 2.02. The van der Waals surface area contributed by atoms with E-state index < -0.39 is 8.60 Å². The summed E-state index contributed by atoms with van der Waals surface area (Å²) in [5, 5.41) is 0. The van der Waals surface area contributed by atoms with Crippen molar-refractivity contribution in [2.24, 2.45) is 0 Å². The molecular formula is C9H13O4P. The molecule has 1 N–H and O–H groups in total. The first-order valence-corrected chi connectivity index (χ1v) is 5.30. The van der Waals surface area contributed by atoms with Gasteiger partial charge in [0.25, 0.3) is 0 Å². The summed E-state index contributed by atoms with van der Waals surface area (Å²) in [5.41, 5.74) is 0.